The minimum atomic E-state index is 0.540. The van der Waals surface area contributed by atoms with Gasteiger partial charge >= 0.3 is 0 Å². The van der Waals surface area contributed by atoms with Crippen LogP contribution < -0.4 is 10.1 Å². The molecule has 0 unspecified atom stereocenters. The summed E-state index contributed by atoms with van der Waals surface area (Å²) in [6.07, 6.45) is 6.35. The van der Waals surface area contributed by atoms with Gasteiger partial charge in [0.15, 0.2) is 0 Å². The first-order chi connectivity index (χ1) is 10.9. The summed E-state index contributed by atoms with van der Waals surface area (Å²) >= 11 is 0. The molecule has 1 aliphatic carbocycles. The highest BCUT2D eigenvalue weighted by Crippen LogP contribution is 2.38. The predicted octanol–water partition coefficient (Wildman–Crippen LogP) is 4.29. The van der Waals surface area contributed by atoms with Crippen molar-refractivity contribution in [3.8, 4) is 5.75 Å². The number of aromatic nitrogens is 1. The van der Waals surface area contributed by atoms with Crippen LogP contribution in [0.25, 0.3) is 0 Å². The monoisotopic (exact) mass is 294 g/mol. The first kappa shape index (κ1) is 13.6. The number of para-hydroxylation sites is 1. The van der Waals surface area contributed by atoms with Crippen LogP contribution in [0.3, 0.4) is 0 Å². The lowest BCUT2D eigenvalue weighted by molar-refractivity contribution is 0.296. The van der Waals surface area contributed by atoms with Gasteiger partial charge in [0.1, 0.15) is 18.2 Å². The van der Waals surface area contributed by atoms with Crippen molar-refractivity contribution in [2.24, 2.45) is 0 Å². The summed E-state index contributed by atoms with van der Waals surface area (Å²) in [7, 11) is 0. The van der Waals surface area contributed by atoms with Gasteiger partial charge in [-0.3, -0.25) is 0 Å². The molecule has 1 aromatic carbocycles. The van der Waals surface area contributed by atoms with Gasteiger partial charge in [-0.15, -0.1) is 0 Å². The maximum Gasteiger partial charge on any atom is 0.130 e. The zero-order valence-electron chi connectivity index (χ0n) is 12.8. The topological polar surface area (TPSA) is 34.1 Å². The summed E-state index contributed by atoms with van der Waals surface area (Å²) in [5.41, 5.74) is 3.68. The molecule has 2 aliphatic rings. The van der Waals surface area contributed by atoms with E-state index in [2.05, 4.69) is 46.7 Å². The van der Waals surface area contributed by atoms with Gasteiger partial charge in [-0.1, -0.05) is 37.1 Å². The van der Waals surface area contributed by atoms with Crippen molar-refractivity contribution in [3.63, 3.8) is 0 Å². The van der Waals surface area contributed by atoms with E-state index in [1.807, 2.05) is 0 Å². The maximum atomic E-state index is 6.11. The fraction of sp³-hybridized carbons (Fsp3) is 0.421. The molecule has 0 saturated heterocycles. The van der Waals surface area contributed by atoms with E-state index in [0.717, 1.165) is 30.2 Å². The average Bonchev–Trinajstić information content (AvgIpc) is 3.24. The highest BCUT2D eigenvalue weighted by atomic mass is 16.5. The average molecular weight is 294 g/mol. The van der Waals surface area contributed by atoms with E-state index in [1.54, 1.807) is 0 Å². The molecule has 0 spiro atoms. The number of fused-ring (bicyclic) bond motifs is 1. The second-order valence-corrected chi connectivity index (χ2v) is 6.29. The molecule has 0 amide bonds. The van der Waals surface area contributed by atoms with E-state index in [4.69, 9.17) is 4.74 Å². The smallest absolute Gasteiger partial charge is 0.130 e. The van der Waals surface area contributed by atoms with Gasteiger partial charge < -0.3 is 10.1 Å². The van der Waals surface area contributed by atoms with Gasteiger partial charge in [-0.25, -0.2) is 4.98 Å². The second kappa shape index (κ2) is 5.99. The van der Waals surface area contributed by atoms with E-state index in [9.17, 15) is 0 Å². The summed E-state index contributed by atoms with van der Waals surface area (Å²) in [4.78, 5) is 4.66. The van der Waals surface area contributed by atoms with Gasteiger partial charge in [-0.2, -0.15) is 0 Å². The Labute approximate surface area is 131 Å². The predicted molar refractivity (Wildman–Crippen MR) is 88.4 cm³/mol. The molecule has 1 aromatic heterocycles. The molecular weight excluding hydrogens is 272 g/mol. The summed E-state index contributed by atoms with van der Waals surface area (Å²) in [5, 5.41) is 3.33. The fourth-order valence-corrected chi connectivity index (χ4v) is 3.62. The number of benzene rings is 1. The largest absolute Gasteiger partial charge is 0.487 e. The molecule has 1 aliphatic heterocycles. The van der Waals surface area contributed by atoms with Crippen LogP contribution in [-0.4, -0.2) is 11.5 Å². The number of hydrogen-bond acceptors (Lipinski definition) is 3. The molecule has 0 radical (unpaired) electrons. The molecule has 3 heteroatoms. The van der Waals surface area contributed by atoms with Crippen molar-refractivity contribution >= 4 is 5.82 Å². The number of anilines is 1. The van der Waals surface area contributed by atoms with Crippen molar-refractivity contribution < 1.29 is 4.74 Å². The molecule has 3 nitrogen and oxygen atoms in total. The van der Waals surface area contributed by atoms with Gasteiger partial charge in [-0.05, 0) is 48.4 Å². The molecule has 2 heterocycles. The van der Waals surface area contributed by atoms with Gasteiger partial charge in [0, 0.05) is 6.54 Å². The third-order valence-electron chi connectivity index (χ3n) is 4.81. The second-order valence-electron chi connectivity index (χ2n) is 6.29. The van der Waals surface area contributed by atoms with Crippen molar-refractivity contribution in [1.29, 1.82) is 0 Å². The summed E-state index contributed by atoms with van der Waals surface area (Å²) < 4.78 is 6.11. The van der Waals surface area contributed by atoms with Crippen LogP contribution in [0.2, 0.25) is 0 Å². The van der Waals surface area contributed by atoms with E-state index in [0.29, 0.717) is 12.5 Å². The Morgan fingerprint density at radius 3 is 2.86 bits per heavy atom. The number of ether oxygens (including phenoxy) is 1. The molecule has 0 atom stereocenters. The zero-order chi connectivity index (χ0) is 14.8. The lowest BCUT2D eigenvalue weighted by Crippen LogP contribution is -2.03. The number of hydrogen-bond donors (Lipinski definition) is 1. The highest BCUT2D eigenvalue weighted by molar-refractivity contribution is 5.49. The molecule has 0 bridgehead atoms. The number of nitrogens with zero attached hydrogens (tertiary/aromatic N) is 1. The van der Waals surface area contributed by atoms with Crippen LogP contribution >= 0.6 is 0 Å². The Balaban J connectivity index is 1.49. The fourth-order valence-electron chi connectivity index (χ4n) is 3.62. The first-order valence-electron chi connectivity index (χ1n) is 8.34. The van der Waals surface area contributed by atoms with Crippen molar-refractivity contribution in [2.75, 3.05) is 11.9 Å². The minimum absolute atomic E-state index is 0.540. The lowest BCUT2D eigenvalue weighted by atomic mass is 9.97. The third kappa shape index (κ3) is 2.68. The van der Waals surface area contributed by atoms with Crippen molar-refractivity contribution in [1.82, 2.24) is 4.98 Å². The first-order valence-corrected chi connectivity index (χ1v) is 8.34. The van der Waals surface area contributed by atoms with Crippen LogP contribution in [0.1, 0.15) is 48.4 Å². The lowest BCUT2D eigenvalue weighted by Gasteiger charge is -2.16. The van der Waals surface area contributed by atoms with Crippen LogP contribution in [0.15, 0.2) is 36.4 Å². The molecule has 1 fully saturated rings. The van der Waals surface area contributed by atoms with Gasteiger partial charge in [0.2, 0.25) is 0 Å². The third-order valence-corrected chi connectivity index (χ3v) is 4.81. The van der Waals surface area contributed by atoms with E-state index in [1.165, 1.54) is 36.8 Å². The van der Waals surface area contributed by atoms with E-state index >= 15 is 0 Å². The van der Waals surface area contributed by atoms with Crippen molar-refractivity contribution in [2.45, 2.75) is 44.6 Å². The maximum absolute atomic E-state index is 6.11. The minimum Gasteiger partial charge on any atom is -0.487 e. The highest BCUT2D eigenvalue weighted by Gasteiger charge is 2.20. The Kier molecular flexibility index (Phi) is 3.71. The van der Waals surface area contributed by atoms with E-state index < -0.39 is 0 Å². The molecular formula is C19H22N2O. The zero-order valence-corrected chi connectivity index (χ0v) is 12.8. The summed E-state index contributed by atoms with van der Waals surface area (Å²) in [6.45, 7) is 1.54. The number of rotatable bonds is 4. The molecule has 1 saturated carbocycles. The van der Waals surface area contributed by atoms with Crippen molar-refractivity contribution in [3.05, 3.63) is 53.2 Å². The standard InChI is InChI=1S/C19H22N2O/c1-2-6-14(5-1)17-7-3-4-8-18(17)22-13-16-10-9-15-11-12-20-19(15)21-16/h3-4,7-10,14H,1-2,5-6,11-13H2,(H,20,21). The molecule has 2 aromatic rings. The quantitative estimate of drug-likeness (QED) is 0.913. The number of pyridine rings is 1. The Morgan fingerprint density at radius 1 is 1.09 bits per heavy atom. The molecule has 22 heavy (non-hydrogen) atoms. The Morgan fingerprint density at radius 2 is 1.95 bits per heavy atom. The molecule has 4 rings (SSSR count). The molecule has 114 valence electrons. The van der Waals surface area contributed by atoms with Gasteiger partial charge in [0.25, 0.3) is 0 Å². The summed E-state index contributed by atoms with van der Waals surface area (Å²) in [6, 6.07) is 12.8. The van der Waals surface area contributed by atoms with Gasteiger partial charge in [0.05, 0.1) is 5.69 Å². The molecule has 1 N–H and O–H groups in total. The normalized spacial score (nSPS) is 17.3. The van der Waals surface area contributed by atoms with Crippen LogP contribution in [0.5, 0.6) is 5.75 Å². The summed E-state index contributed by atoms with van der Waals surface area (Å²) in [5.74, 6) is 2.74. The number of nitrogens with one attached hydrogen (secondary N) is 1. The van der Waals surface area contributed by atoms with E-state index in [-0.39, 0.29) is 0 Å². The van der Waals surface area contributed by atoms with Crippen LogP contribution in [0, 0.1) is 0 Å². The van der Waals surface area contributed by atoms with Crippen LogP contribution in [0.4, 0.5) is 5.82 Å². The van der Waals surface area contributed by atoms with Crippen LogP contribution in [-0.2, 0) is 13.0 Å². The SMILES string of the molecule is c1ccc(C2CCCC2)c(OCc2ccc3c(n2)NCC3)c1. The Hall–Kier alpha value is -2.03. The Bertz CT molecular complexity index is 662.